The number of nitrogens with one attached hydrogen (secondary N) is 2. The van der Waals surface area contributed by atoms with E-state index in [0.717, 1.165) is 36.3 Å². The van der Waals surface area contributed by atoms with Gasteiger partial charge in [-0.2, -0.15) is 5.10 Å². The average molecular weight is 275 g/mol. The lowest BCUT2D eigenvalue weighted by atomic mass is 9.87. The van der Waals surface area contributed by atoms with E-state index in [1.54, 1.807) is 11.3 Å². The zero-order valence-electron chi connectivity index (χ0n) is 11.1. The standard InChI is InChI=1S/C14H17N3OS/c1-8-13(9(2)17-16-8)15-14(18)11-4-3-5-12-10(11)6-7-19-12/h6-7,11H,3-5H2,1-2H3,(H,15,18)(H,16,17). The fourth-order valence-electron chi connectivity index (χ4n) is 2.70. The first-order valence-corrected chi connectivity index (χ1v) is 7.43. The molecule has 3 rings (SSSR count). The molecule has 19 heavy (non-hydrogen) atoms. The molecule has 5 heteroatoms. The molecular weight excluding hydrogens is 258 g/mol. The second kappa shape index (κ2) is 4.81. The Hall–Kier alpha value is -1.62. The molecule has 0 aliphatic heterocycles. The van der Waals surface area contributed by atoms with Crippen LogP contribution in [0.4, 0.5) is 5.69 Å². The fraction of sp³-hybridized carbons (Fsp3) is 0.429. The van der Waals surface area contributed by atoms with Crippen LogP contribution < -0.4 is 5.32 Å². The van der Waals surface area contributed by atoms with Gasteiger partial charge in [-0.25, -0.2) is 0 Å². The highest BCUT2D eigenvalue weighted by Gasteiger charge is 2.28. The van der Waals surface area contributed by atoms with Crippen molar-refractivity contribution in [2.45, 2.75) is 39.0 Å². The first kappa shape index (κ1) is 12.4. The minimum Gasteiger partial charge on any atom is -0.322 e. The first-order valence-electron chi connectivity index (χ1n) is 6.55. The lowest BCUT2D eigenvalue weighted by Gasteiger charge is -2.21. The lowest BCUT2D eigenvalue weighted by Crippen LogP contribution is -2.24. The summed E-state index contributed by atoms with van der Waals surface area (Å²) in [4.78, 5) is 13.9. The van der Waals surface area contributed by atoms with Gasteiger partial charge in [0.1, 0.15) is 0 Å². The molecule has 0 bridgehead atoms. The Labute approximate surface area is 116 Å². The first-order chi connectivity index (χ1) is 9.16. The van der Waals surface area contributed by atoms with Crippen LogP contribution in [0.1, 0.15) is 40.6 Å². The van der Waals surface area contributed by atoms with Gasteiger partial charge < -0.3 is 5.32 Å². The maximum atomic E-state index is 12.5. The summed E-state index contributed by atoms with van der Waals surface area (Å²) < 4.78 is 0. The molecule has 1 atom stereocenters. The molecule has 1 aliphatic rings. The summed E-state index contributed by atoms with van der Waals surface area (Å²) in [6.45, 7) is 3.82. The molecule has 0 spiro atoms. The zero-order valence-corrected chi connectivity index (χ0v) is 11.9. The molecule has 2 heterocycles. The van der Waals surface area contributed by atoms with Crippen molar-refractivity contribution < 1.29 is 4.79 Å². The fourth-order valence-corrected chi connectivity index (χ4v) is 3.69. The minimum atomic E-state index is -0.0105. The van der Waals surface area contributed by atoms with E-state index in [2.05, 4.69) is 27.0 Å². The van der Waals surface area contributed by atoms with Gasteiger partial charge >= 0.3 is 0 Å². The normalized spacial score (nSPS) is 18.1. The smallest absolute Gasteiger partial charge is 0.232 e. The monoisotopic (exact) mass is 275 g/mol. The molecular formula is C14H17N3OS. The molecule has 2 aromatic heterocycles. The second-order valence-electron chi connectivity index (χ2n) is 5.04. The molecule has 0 saturated heterocycles. The molecule has 4 nitrogen and oxygen atoms in total. The number of anilines is 1. The third-order valence-corrected chi connectivity index (χ3v) is 4.74. The summed E-state index contributed by atoms with van der Waals surface area (Å²) in [5.41, 5.74) is 3.79. The molecule has 1 amide bonds. The van der Waals surface area contributed by atoms with Crippen LogP contribution in [0.25, 0.3) is 0 Å². The largest absolute Gasteiger partial charge is 0.322 e. The number of carbonyl (C=O) groups is 1. The van der Waals surface area contributed by atoms with Gasteiger partial charge in [0.2, 0.25) is 5.91 Å². The van der Waals surface area contributed by atoms with E-state index in [1.165, 1.54) is 10.4 Å². The maximum absolute atomic E-state index is 12.5. The van der Waals surface area contributed by atoms with E-state index in [1.807, 2.05) is 13.8 Å². The van der Waals surface area contributed by atoms with Gasteiger partial charge in [0, 0.05) is 4.88 Å². The number of fused-ring (bicyclic) bond motifs is 1. The number of hydrogen-bond acceptors (Lipinski definition) is 3. The zero-order chi connectivity index (χ0) is 13.4. The van der Waals surface area contributed by atoms with Crippen molar-refractivity contribution in [3.8, 4) is 0 Å². The van der Waals surface area contributed by atoms with Crippen molar-refractivity contribution in [3.63, 3.8) is 0 Å². The van der Waals surface area contributed by atoms with Gasteiger partial charge in [0.15, 0.2) is 0 Å². The molecule has 0 aromatic carbocycles. The van der Waals surface area contributed by atoms with E-state index in [9.17, 15) is 4.79 Å². The summed E-state index contributed by atoms with van der Waals surface area (Å²) in [5.74, 6) is 0.0793. The van der Waals surface area contributed by atoms with Crippen LogP contribution in [-0.2, 0) is 11.2 Å². The Morgan fingerprint density at radius 1 is 1.53 bits per heavy atom. The summed E-state index contributed by atoms with van der Waals surface area (Å²) in [5, 5.41) is 12.1. The summed E-state index contributed by atoms with van der Waals surface area (Å²) in [6.07, 6.45) is 3.14. The van der Waals surface area contributed by atoms with E-state index in [0.29, 0.717) is 0 Å². The van der Waals surface area contributed by atoms with Crippen LogP contribution in [0.15, 0.2) is 11.4 Å². The van der Waals surface area contributed by atoms with Gasteiger partial charge in [-0.1, -0.05) is 0 Å². The van der Waals surface area contributed by atoms with Gasteiger partial charge in [0.25, 0.3) is 0 Å². The number of H-pyrrole nitrogens is 1. The molecule has 1 aliphatic carbocycles. The van der Waals surface area contributed by atoms with Crippen LogP contribution in [0.3, 0.4) is 0 Å². The number of carbonyl (C=O) groups excluding carboxylic acids is 1. The molecule has 2 N–H and O–H groups in total. The molecule has 100 valence electrons. The van der Waals surface area contributed by atoms with E-state index < -0.39 is 0 Å². The number of hydrogen-bond donors (Lipinski definition) is 2. The quantitative estimate of drug-likeness (QED) is 0.884. The van der Waals surface area contributed by atoms with Crippen molar-refractivity contribution >= 4 is 22.9 Å². The van der Waals surface area contributed by atoms with Gasteiger partial charge in [-0.3, -0.25) is 9.89 Å². The Morgan fingerprint density at radius 2 is 2.37 bits per heavy atom. The Kier molecular flexibility index (Phi) is 3.14. The third kappa shape index (κ3) is 2.18. The highest BCUT2D eigenvalue weighted by atomic mass is 32.1. The molecule has 0 radical (unpaired) electrons. The Balaban J connectivity index is 1.83. The SMILES string of the molecule is Cc1n[nH]c(C)c1NC(=O)C1CCCc2sccc21. The van der Waals surface area contributed by atoms with Crippen molar-refractivity contribution in [2.24, 2.45) is 0 Å². The topological polar surface area (TPSA) is 57.8 Å². The number of aromatic nitrogens is 2. The van der Waals surface area contributed by atoms with Crippen LogP contribution >= 0.6 is 11.3 Å². The number of aryl methyl sites for hydroxylation is 3. The number of thiophene rings is 1. The summed E-state index contributed by atoms with van der Waals surface area (Å²) >= 11 is 1.76. The summed E-state index contributed by atoms with van der Waals surface area (Å²) in [7, 11) is 0. The van der Waals surface area contributed by atoms with Crippen molar-refractivity contribution in [1.29, 1.82) is 0 Å². The lowest BCUT2D eigenvalue weighted by molar-refractivity contribution is -0.117. The molecule has 0 saturated carbocycles. The summed E-state index contributed by atoms with van der Waals surface area (Å²) in [6, 6.07) is 2.10. The predicted molar refractivity (Wildman–Crippen MR) is 76.7 cm³/mol. The molecule has 1 unspecified atom stereocenters. The number of nitrogens with zero attached hydrogens (tertiary/aromatic N) is 1. The number of amides is 1. The third-order valence-electron chi connectivity index (χ3n) is 3.74. The van der Waals surface area contributed by atoms with Crippen molar-refractivity contribution in [2.75, 3.05) is 5.32 Å². The van der Waals surface area contributed by atoms with Gasteiger partial charge in [0.05, 0.1) is 23.0 Å². The van der Waals surface area contributed by atoms with Crippen molar-refractivity contribution in [3.05, 3.63) is 33.3 Å². The Bertz CT molecular complexity index is 594. The van der Waals surface area contributed by atoms with E-state index >= 15 is 0 Å². The van der Waals surface area contributed by atoms with Crippen LogP contribution in [0.2, 0.25) is 0 Å². The predicted octanol–water partition coefficient (Wildman–Crippen LogP) is 3.15. The average Bonchev–Trinajstić information content (AvgIpc) is 2.99. The highest BCUT2D eigenvalue weighted by molar-refractivity contribution is 7.10. The van der Waals surface area contributed by atoms with E-state index in [-0.39, 0.29) is 11.8 Å². The highest BCUT2D eigenvalue weighted by Crippen LogP contribution is 2.35. The van der Waals surface area contributed by atoms with Gasteiger partial charge in [-0.15, -0.1) is 11.3 Å². The number of rotatable bonds is 2. The van der Waals surface area contributed by atoms with Crippen LogP contribution in [0, 0.1) is 13.8 Å². The van der Waals surface area contributed by atoms with Gasteiger partial charge in [-0.05, 0) is 50.1 Å². The molecule has 0 fully saturated rings. The maximum Gasteiger partial charge on any atom is 0.232 e. The minimum absolute atomic E-state index is 0.0105. The van der Waals surface area contributed by atoms with Crippen molar-refractivity contribution in [1.82, 2.24) is 10.2 Å². The van der Waals surface area contributed by atoms with E-state index in [4.69, 9.17) is 0 Å². The van der Waals surface area contributed by atoms with Crippen LogP contribution in [-0.4, -0.2) is 16.1 Å². The number of aromatic amines is 1. The van der Waals surface area contributed by atoms with Crippen LogP contribution in [0.5, 0.6) is 0 Å². The second-order valence-corrected chi connectivity index (χ2v) is 6.04. The Morgan fingerprint density at radius 3 is 3.11 bits per heavy atom. The molecule has 2 aromatic rings.